The van der Waals surface area contributed by atoms with Crippen LogP contribution in [0.5, 0.6) is 0 Å². The van der Waals surface area contributed by atoms with Crippen LogP contribution in [0.2, 0.25) is 5.02 Å². The van der Waals surface area contributed by atoms with Crippen LogP contribution in [0.3, 0.4) is 0 Å². The fourth-order valence-corrected chi connectivity index (χ4v) is 2.24. The Morgan fingerprint density at radius 2 is 2.32 bits per heavy atom. The van der Waals surface area contributed by atoms with Crippen LogP contribution in [0.1, 0.15) is 38.1 Å². The van der Waals surface area contributed by atoms with Gasteiger partial charge in [0.15, 0.2) is 0 Å². The Morgan fingerprint density at radius 3 is 2.89 bits per heavy atom. The monoisotopic (exact) mass is 284 g/mol. The number of carbonyl (C=O) groups is 1. The number of rotatable bonds is 1. The molecule has 2 rings (SSSR count). The third-order valence-electron chi connectivity index (χ3n) is 2.80. The summed E-state index contributed by atoms with van der Waals surface area (Å²) in [6, 6.07) is 1.29. The van der Waals surface area contributed by atoms with Crippen LogP contribution < -0.4 is 0 Å². The first-order chi connectivity index (χ1) is 8.81. The lowest BCUT2D eigenvalue weighted by atomic mass is 10.1. The van der Waals surface area contributed by atoms with E-state index in [1.54, 1.807) is 26.8 Å². The molecule has 0 aliphatic carbocycles. The summed E-state index contributed by atoms with van der Waals surface area (Å²) in [6.07, 6.45) is 1.06. The molecule has 1 aromatic rings. The summed E-state index contributed by atoms with van der Waals surface area (Å²) in [6.45, 7) is 5.56. The molecule has 1 atom stereocenters. The van der Waals surface area contributed by atoms with Crippen LogP contribution in [-0.2, 0) is 11.3 Å². The molecule has 1 aromatic heterocycles. The largest absolute Gasteiger partial charge is 0.444 e. The van der Waals surface area contributed by atoms with Crippen molar-refractivity contribution >= 4 is 17.7 Å². The fraction of sp³-hybridized carbons (Fsp3) is 0.538. The Labute approximate surface area is 117 Å². The number of aliphatic hydroxyl groups excluding tert-OH is 1. The van der Waals surface area contributed by atoms with Gasteiger partial charge in [-0.15, -0.1) is 0 Å². The molecule has 6 heteroatoms. The topological polar surface area (TPSA) is 62.7 Å². The van der Waals surface area contributed by atoms with Crippen molar-refractivity contribution in [3.63, 3.8) is 0 Å². The van der Waals surface area contributed by atoms with Gasteiger partial charge in [0, 0.05) is 6.20 Å². The Hall–Kier alpha value is -1.33. The molecule has 104 valence electrons. The number of halogens is 1. The van der Waals surface area contributed by atoms with Gasteiger partial charge in [-0.3, -0.25) is 9.88 Å². The maximum atomic E-state index is 12.1. The number of carbonyl (C=O) groups excluding carboxylic acids is 1. The lowest BCUT2D eigenvalue weighted by molar-refractivity contribution is 0.0107. The van der Waals surface area contributed by atoms with Crippen molar-refractivity contribution in [2.75, 3.05) is 6.61 Å². The average Bonchev–Trinajstić information content (AvgIpc) is 2.64. The number of hydrogen-bond donors (Lipinski definition) is 1. The third-order valence-corrected chi connectivity index (χ3v) is 3.01. The first-order valence-electron chi connectivity index (χ1n) is 6.06. The molecular weight excluding hydrogens is 268 g/mol. The van der Waals surface area contributed by atoms with E-state index in [1.165, 1.54) is 11.1 Å². The van der Waals surface area contributed by atoms with E-state index in [1.807, 2.05) is 0 Å². The molecule has 0 bridgehead atoms. The fourth-order valence-electron chi connectivity index (χ4n) is 2.06. The third kappa shape index (κ3) is 2.98. The van der Waals surface area contributed by atoms with Crippen LogP contribution in [-0.4, -0.2) is 33.3 Å². The lowest BCUT2D eigenvalue weighted by Crippen LogP contribution is -2.36. The van der Waals surface area contributed by atoms with Crippen molar-refractivity contribution in [3.05, 3.63) is 28.5 Å². The molecule has 1 unspecified atom stereocenters. The van der Waals surface area contributed by atoms with E-state index >= 15 is 0 Å². The Kier molecular flexibility index (Phi) is 3.69. The van der Waals surface area contributed by atoms with Gasteiger partial charge in [-0.25, -0.2) is 4.79 Å². The van der Waals surface area contributed by atoms with Crippen molar-refractivity contribution in [2.24, 2.45) is 0 Å². The molecule has 0 spiro atoms. The van der Waals surface area contributed by atoms with Crippen molar-refractivity contribution < 1.29 is 14.6 Å². The highest BCUT2D eigenvalue weighted by Crippen LogP contribution is 2.34. The predicted molar refractivity (Wildman–Crippen MR) is 70.9 cm³/mol. The molecule has 1 aliphatic rings. The van der Waals surface area contributed by atoms with E-state index in [9.17, 15) is 9.90 Å². The summed E-state index contributed by atoms with van der Waals surface area (Å²) in [5.74, 6) is 0. The Balaban J connectivity index is 2.24. The van der Waals surface area contributed by atoms with Gasteiger partial charge in [-0.2, -0.15) is 0 Å². The average molecular weight is 285 g/mol. The molecule has 19 heavy (non-hydrogen) atoms. The highest BCUT2D eigenvalue weighted by Gasteiger charge is 2.36. The Morgan fingerprint density at radius 1 is 1.63 bits per heavy atom. The molecule has 5 nitrogen and oxygen atoms in total. The first kappa shape index (κ1) is 14.1. The highest BCUT2D eigenvalue weighted by molar-refractivity contribution is 6.30. The first-order valence-corrected chi connectivity index (χ1v) is 6.44. The molecule has 0 fully saturated rings. The van der Waals surface area contributed by atoms with Gasteiger partial charge in [-0.05, 0) is 32.4 Å². The molecule has 0 saturated heterocycles. The molecule has 1 amide bonds. The number of hydrogen-bond acceptors (Lipinski definition) is 4. The van der Waals surface area contributed by atoms with E-state index in [-0.39, 0.29) is 6.61 Å². The summed E-state index contributed by atoms with van der Waals surface area (Å²) in [4.78, 5) is 17.8. The molecule has 1 aliphatic heterocycles. The van der Waals surface area contributed by atoms with E-state index in [0.29, 0.717) is 17.3 Å². The number of nitrogens with zero attached hydrogens (tertiary/aromatic N) is 2. The predicted octanol–water partition coefficient (Wildman–Crippen LogP) is 2.52. The molecular formula is C13H17ClN2O3. The summed E-state index contributed by atoms with van der Waals surface area (Å²) < 4.78 is 5.33. The van der Waals surface area contributed by atoms with Gasteiger partial charge in [-0.1, -0.05) is 11.6 Å². The van der Waals surface area contributed by atoms with Crippen molar-refractivity contribution in [2.45, 2.75) is 39.0 Å². The Bertz CT molecular complexity index is 499. The van der Waals surface area contributed by atoms with Crippen LogP contribution >= 0.6 is 11.6 Å². The zero-order valence-corrected chi connectivity index (χ0v) is 11.9. The van der Waals surface area contributed by atoms with E-state index < -0.39 is 17.7 Å². The number of amides is 1. The minimum Gasteiger partial charge on any atom is -0.444 e. The second-order valence-corrected chi connectivity index (χ2v) is 5.94. The van der Waals surface area contributed by atoms with Crippen molar-refractivity contribution in [1.29, 1.82) is 0 Å². The summed E-state index contributed by atoms with van der Waals surface area (Å²) in [5.41, 5.74) is 0.951. The van der Waals surface area contributed by atoms with Crippen LogP contribution in [0.4, 0.5) is 4.79 Å². The molecule has 0 aromatic carbocycles. The number of aromatic nitrogens is 1. The maximum absolute atomic E-state index is 12.1. The van der Waals surface area contributed by atoms with Crippen molar-refractivity contribution in [1.82, 2.24) is 9.88 Å². The number of aliphatic hydroxyl groups is 1. The van der Waals surface area contributed by atoms with Gasteiger partial charge >= 0.3 is 6.09 Å². The van der Waals surface area contributed by atoms with E-state index in [0.717, 1.165) is 5.56 Å². The van der Waals surface area contributed by atoms with Gasteiger partial charge < -0.3 is 9.84 Å². The summed E-state index contributed by atoms with van der Waals surface area (Å²) >= 11 is 5.89. The highest BCUT2D eigenvalue weighted by atomic mass is 35.5. The zero-order chi connectivity index (χ0) is 14.2. The second kappa shape index (κ2) is 4.98. The molecule has 0 radical (unpaired) electrons. The quantitative estimate of drug-likeness (QED) is 0.861. The normalized spacial score (nSPS) is 18.4. The van der Waals surface area contributed by atoms with Gasteiger partial charge in [0.25, 0.3) is 0 Å². The maximum Gasteiger partial charge on any atom is 0.411 e. The van der Waals surface area contributed by atoms with Crippen LogP contribution in [0, 0.1) is 0 Å². The number of fused-ring (bicyclic) bond motifs is 1. The summed E-state index contributed by atoms with van der Waals surface area (Å²) in [5, 5.41) is 9.99. The van der Waals surface area contributed by atoms with Crippen LogP contribution in [0.15, 0.2) is 12.3 Å². The van der Waals surface area contributed by atoms with E-state index in [4.69, 9.17) is 16.3 Å². The minimum absolute atomic E-state index is 0.194. The lowest BCUT2D eigenvalue weighted by Gasteiger charge is -2.27. The van der Waals surface area contributed by atoms with Gasteiger partial charge in [0.2, 0.25) is 0 Å². The van der Waals surface area contributed by atoms with Crippen LogP contribution in [0.25, 0.3) is 0 Å². The standard InChI is InChI=1S/C13H17ClN2O3/c1-13(2,3)19-12(18)16-6-8-4-9(14)5-15-11(8)10(16)7-17/h4-5,10,17H,6-7H2,1-3H3. The second-order valence-electron chi connectivity index (χ2n) is 5.50. The zero-order valence-electron chi connectivity index (χ0n) is 11.2. The number of pyridine rings is 1. The van der Waals surface area contributed by atoms with Gasteiger partial charge in [0.1, 0.15) is 11.6 Å². The van der Waals surface area contributed by atoms with Crippen molar-refractivity contribution in [3.8, 4) is 0 Å². The SMILES string of the molecule is CC(C)(C)OC(=O)N1Cc2cc(Cl)cnc2C1CO. The number of ether oxygens (including phenoxy) is 1. The smallest absolute Gasteiger partial charge is 0.411 e. The summed E-state index contributed by atoms with van der Waals surface area (Å²) in [7, 11) is 0. The molecule has 2 heterocycles. The minimum atomic E-state index is -0.572. The molecule has 0 saturated carbocycles. The molecule has 1 N–H and O–H groups in total. The van der Waals surface area contributed by atoms with Gasteiger partial charge in [0.05, 0.1) is 23.9 Å². The van der Waals surface area contributed by atoms with E-state index in [2.05, 4.69) is 4.98 Å².